The highest BCUT2D eigenvalue weighted by molar-refractivity contribution is 6.00. The van der Waals surface area contributed by atoms with Crippen molar-refractivity contribution in [1.29, 1.82) is 0 Å². The Bertz CT molecular complexity index is 2710. The van der Waals surface area contributed by atoms with Gasteiger partial charge in [0, 0.05) is 18.9 Å². The second kappa shape index (κ2) is 27.0. The third-order valence-corrected chi connectivity index (χ3v) is 19.8. The lowest BCUT2D eigenvalue weighted by Gasteiger charge is -2.58. The molecule has 13 atom stereocenters. The van der Waals surface area contributed by atoms with Crippen LogP contribution in [0.5, 0.6) is 5.75 Å². The molecule has 4 fully saturated rings. The van der Waals surface area contributed by atoms with E-state index in [4.69, 9.17) is 4.74 Å². The van der Waals surface area contributed by atoms with Gasteiger partial charge in [-0.05, 0) is 166 Å². The van der Waals surface area contributed by atoms with Gasteiger partial charge < -0.3 is 31.1 Å². The van der Waals surface area contributed by atoms with Crippen molar-refractivity contribution in [3.8, 4) is 5.75 Å². The molecule has 0 radical (unpaired) electrons. The van der Waals surface area contributed by atoms with Crippen molar-refractivity contribution in [3.63, 3.8) is 0 Å². The van der Waals surface area contributed by atoms with E-state index < -0.39 is 66.4 Å². The summed E-state index contributed by atoms with van der Waals surface area (Å²) in [4.78, 5) is 86.2. The molecule has 1 aromatic heterocycles. The average Bonchev–Trinajstić information content (AvgIpc) is 4.25. The maximum atomic E-state index is 14.4. The number of esters is 1. The van der Waals surface area contributed by atoms with E-state index in [1.54, 1.807) is 36.5 Å². The number of hydrogen-bond donors (Lipinski definition) is 5. The van der Waals surface area contributed by atoms with Crippen LogP contribution in [0.2, 0.25) is 0 Å². The first-order valence-corrected chi connectivity index (χ1v) is 30.8. The second-order valence-corrected chi connectivity index (χ2v) is 26.4. The Kier molecular flexibility index (Phi) is 20.4. The zero-order chi connectivity index (χ0) is 58.2. The molecule has 0 spiro atoms. The van der Waals surface area contributed by atoms with E-state index in [1.807, 2.05) is 73.0 Å². The third kappa shape index (κ3) is 14.8. The number of aromatic hydroxyl groups is 1. The van der Waals surface area contributed by atoms with Crippen molar-refractivity contribution in [2.24, 2.45) is 59.3 Å². The van der Waals surface area contributed by atoms with Gasteiger partial charge in [-0.1, -0.05) is 122 Å². The fourth-order valence-electron chi connectivity index (χ4n) is 15.5. The van der Waals surface area contributed by atoms with Gasteiger partial charge in [-0.15, -0.1) is 0 Å². The molecule has 4 amide bonds. The molecular formula is C67H95N6O8+. The summed E-state index contributed by atoms with van der Waals surface area (Å²) in [6.45, 7) is 17.9. The molecule has 3 aromatic rings. The number of rotatable bonds is 24. The number of phenolic OH excluding ortho intramolecular Hbond substituents is 1. The van der Waals surface area contributed by atoms with Gasteiger partial charge in [0.15, 0.2) is 18.2 Å². The van der Waals surface area contributed by atoms with E-state index in [-0.39, 0.29) is 41.8 Å². The molecule has 0 bridgehead atoms. The molecule has 14 heteroatoms. The predicted octanol–water partition coefficient (Wildman–Crippen LogP) is 9.31. The Morgan fingerprint density at radius 3 is 2.21 bits per heavy atom. The number of fused-ring (bicyclic) bond motifs is 5. The number of Topliss-reactive ketones (excluding diaryl/α,β-unsaturated/α-hetero) is 1. The number of carbonyl (C=O) groups is 6. The normalized spacial score (nSPS) is 27.1. The number of phenols is 1. The van der Waals surface area contributed by atoms with E-state index >= 15 is 0 Å². The van der Waals surface area contributed by atoms with Crippen molar-refractivity contribution in [2.75, 3.05) is 13.1 Å². The van der Waals surface area contributed by atoms with Crippen LogP contribution >= 0.6 is 0 Å². The predicted molar refractivity (Wildman–Crippen MR) is 314 cm³/mol. The number of likely N-dealkylation sites (tertiary alicyclic amines) is 1. The number of carbonyl (C=O) groups excluding carboxylic acids is 6. The largest absolute Gasteiger partial charge is 0.508 e. The third-order valence-electron chi connectivity index (χ3n) is 19.8. The van der Waals surface area contributed by atoms with Crippen LogP contribution in [0.1, 0.15) is 167 Å². The molecule has 14 nitrogen and oxygen atoms in total. The number of benzene rings is 2. The molecule has 2 aromatic carbocycles. The van der Waals surface area contributed by atoms with Crippen molar-refractivity contribution in [3.05, 3.63) is 107 Å². The molecular weight excluding hydrogens is 1020 g/mol. The number of nitrogens with zero attached hydrogens (tertiary/aromatic N) is 2. The quantitative estimate of drug-likeness (QED) is 0.0252. The first kappa shape index (κ1) is 61.2. The number of ketones is 1. The number of ether oxygens (including phenoxy) is 1. The minimum atomic E-state index is -1.09. The van der Waals surface area contributed by atoms with Crippen LogP contribution in [0, 0.1) is 52.3 Å². The summed E-state index contributed by atoms with van der Waals surface area (Å²) in [6.07, 6.45) is 20.6. The molecule has 81 heavy (non-hydrogen) atoms. The highest BCUT2D eigenvalue weighted by Gasteiger charge is 2.59. The van der Waals surface area contributed by atoms with Crippen LogP contribution in [0.15, 0.2) is 90.8 Å². The summed E-state index contributed by atoms with van der Waals surface area (Å²) in [5.74, 6) is 1.76. The lowest BCUT2D eigenvalue weighted by molar-refractivity contribution is -0.671. The maximum Gasteiger partial charge on any atom is 0.328 e. The fraction of sp³-hybridized carbons (Fsp3) is 0.627. The molecule has 4 aliphatic carbocycles. The smallest absolute Gasteiger partial charge is 0.328 e. The standard InChI is InChI=1S/C67H94N6O8/c1-42(2)16-13-17-44(5)53-28-29-54-52-27-24-49-39-51(30-32-66(49,7)55(52)31-33-67(53,54)8)81-65(80)57(36-43(3)4)71-63(78)56(37-46-18-11-10-12-19-46)70-60(75)40-68-62(77)45(6)69-64(79)59(38-47-22-25-50(74)26-23-47)73-35-15-21-58(73)61(76)48-20-14-34-72(9)41-48/h10-12,14,18-20,22-26,34,41-45,51-59H,13,15-17,21,27-33,35-40H2,1-9H3,(H4-,68,69,70,71,74,75,77,78,79)/p+1/t44-,45-,51+,52+,53-,54+,55+,56+,57-,58+,59+,66+,67-/m1/s1. The molecule has 1 aliphatic heterocycles. The summed E-state index contributed by atoms with van der Waals surface area (Å²) < 4.78 is 8.19. The monoisotopic (exact) mass is 1110 g/mol. The Labute approximate surface area is 482 Å². The summed E-state index contributed by atoms with van der Waals surface area (Å²) >= 11 is 0. The molecule has 1 saturated heterocycles. The maximum absolute atomic E-state index is 14.4. The number of amides is 4. The SMILES string of the molecule is CC(C)CCC[C@@H](C)[C@H]1CC[C@H]2[C@@H]3CC=C4C[C@@H](OC(=O)[C@@H](CC(C)C)NC(=O)[C@H](Cc5ccccc5)NC(=O)CNC(=O)[C@@H](C)NC(=O)[C@H](Cc5ccc(O)cc5)N5CCC[C@H]5C(=O)c5ccc[n+](C)c5)CC[C@]4(C)[C@H]3CC[C@]12C. The highest BCUT2D eigenvalue weighted by atomic mass is 16.5. The van der Waals surface area contributed by atoms with Gasteiger partial charge in [0.05, 0.1) is 24.2 Å². The first-order chi connectivity index (χ1) is 38.6. The van der Waals surface area contributed by atoms with Gasteiger partial charge in [0.2, 0.25) is 23.6 Å². The summed E-state index contributed by atoms with van der Waals surface area (Å²) in [5.41, 5.74) is 4.02. The van der Waals surface area contributed by atoms with Crippen molar-refractivity contribution in [2.45, 2.75) is 194 Å². The van der Waals surface area contributed by atoms with Gasteiger partial charge in [0.25, 0.3) is 0 Å². The summed E-state index contributed by atoms with van der Waals surface area (Å²) in [7, 11) is 1.85. The van der Waals surface area contributed by atoms with Crippen molar-refractivity contribution < 1.29 is 43.2 Å². The van der Waals surface area contributed by atoms with E-state index in [9.17, 15) is 33.9 Å². The first-order valence-electron chi connectivity index (χ1n) is 30.8. The zero-order valence-electron chi connectivity index (χ0n) is 50.0. The number of aromatic nitrogens is 1. The summed E-state index contributed by atoms with van der Waals surface area (Å²) in [5, 5.41) is 21.3. The van der Waals surface area contributed by atoms with Crippen LogP contribution in [-0.2, 0) is 48.6 Å². The van der Waals surface area contributed by atoms with Gasteiger partial charge in [-0.25, -0.2) is 9.36 Å². The number of aryl methyl sites for hydroxylation is 1. The molecule has 3 saturated carbocycles. The minimum Gasteiger partial charge on any atom is -0.508 e. The molecule has 5 aliphatic rings. The topological polar surface area (TPSA) is 187 Å². The van der Waals surface area contributed by atoms with Gasteiger partial charge in [0.1, 0.15) is 37.0 Å². The fourth-order valence-corrected chi connectivity index (χ4v) is 15.5. The van der Waals surface area contributed by atoms with E-state index in [0.717, 1.165) is 54.1 Å². The number of pyridine rings is 1. The number of allylic oxidation sites excluding steroid dienone is 1. The number of nitrogens with one attached hydrogen (secondary N) is 4. The average molecular weight is 1110 g/mol. The van der Waals surface area contributed by atoms with Crippen molar-refractivity contribution >= 4 is 35.4 Å². The van der Waals surface area contributed by atoms with E-state index in [1.165, 1.54) is 57.4 Å². The van der Waals surface area contributed by atoms with E-state index in [2.05, 4.69) is 62.0 Å². The Balaban J connectivity index is 0.874. The van der Waals surface area contributed by atoms with Crippen LogP contribution < -0.4 is 25.8 Å². The Hall–Kier alpha value is -5.89. The Morgan fingerprint density at radius 1 is 0.753 bits per heavy atom. The van der Waals surface area contributed by atoms with Crippen LogP contribution in [-0.4, -0.2) is 94.8 Å². The Morgan fingerprint density at radius 2 is 1.49 bits per heavy atom. The van der Waals surface area contributed by atoms with Crippen molar-refractivity contribution in [1.82, 2.24) is 26.2 Å². The summed E-state index contributed by atoms with van der Waals surface area (Å²) in [6, 6.07) is 14.9. The van der Waals surface area contributed by atoms with E-state index in [0.29, 0.717) is 55.0 Å². The molecule has 8 rings (SSSR count). The highest BCUT2D eigenvalue weighted by Crippen LogP contribution is 2.67. The molecule has 5 N–H and O–H groups in total. The zero-order valence-corrected chi connectivity index (χ0v) is 50.0. The van der Waals surface area contributed by atoms with Gasteiger partial charge >= 0.3 is 5.97 Å². The lowest BCUT2D eigenvalue weighted by atomic mass is 9.47. The van der Waals surface area contributed by atoms with Crippen LogP contribution in [0.25, 0.3) is 0 Å². The van der Waals surface area contributed by atoms with Gasteiger partial charge in [-0.3, -0.25) is 28.9 Å². The van der Waals surface area contributed by atoms with Crippen LogP contribution in [0.3, 0.4) is 0 Å². The second-order valence-electron chi connectivity index (χ2n) is 26.4. The van der Waals surface area contributed by atoms with Crippen LogP contribution in [0.4, 0.5) is 0 Å². The molecule has 0 unspecified atom stereocenters. The lowest BCUT2D eigenvalue weighted by Crippen LogP contribution is -2.57. The molecule has 440 valence electrons. The molecule has 2 heterocycles. The minimum absolute atomic E-state index is 0.0469. The number of hydrogen-bond acceptors (Lipinski definition) is 9. The van der Waals surface area contributed by atoms with Gasteiger partial charge in [-0.2, -0.15) is 0 Å².